The Bertz CT molecular complexity index is 1050. The number of nitrogens with zero attached hydrogens (tertiary/aromatic N) is 3. The van der Waals surface area contributed by atoms with Crippen LogP contribution in [-0.2, 0) is 14.4 Å². The van der Waals surface area contributed by atoms with Crippen LogP contribution in [0.25, 0.3) is 0 Å². The molecule has 0 unspecified atom stereocenters. The molecule has 0 aliphatic carbocycles. The van der Waals surface area contributed by atoms with E-state index in [0.717, 1.165) is 37.7 Å². The highest BCUT2D eigenvalue weighted by Crippen LogP contribution is 2.47. The van der Waals surface area contributed by atoms with Crippen LogP contribution in [0.4, 0.5) is 0 Å². The largest absolute Gasteiger partial charge is 0.493 e. The lowest BCUT2D eigenvalue weighted by molar-refractivity contribution is -0.144. The standard InChI is InChI=1S/C29H44N4O7/c1-3-4-11-31(12-6-5-10-30)26(35)18-33-17-21(20-15-23(38-2)28-24(16-20)39-19-40-28)27(29(36)37)22(33)9-14-32-13-7-8-25(32)34/h15-16,21-22,27H,3-14,17-19,30H2,1-2H3,(H,36,37)/t21-,22+,27-/m1/s1. The zero-order valence-corrected chi connectivity index (χ0v) is 23.8. The Kier molecular flexibility index (Phi) is 10.5. The van der Waals surface area contributed by atoms with E-state index in [-0.39, 0.29) is 25.2 Å². The van der Waals surface area contributed by atoms with Crippen LogP contribution >= 0.6 is 0 Å². The summed E-state index contributed by atoms with van der Waals surface area (Å²) in [5, 5.41) is 10.5. The first-order valence-corrected chi connectivity index (χ1v) is 14.6. The fourth-order valence-electron chi connectivity index (χ4n) is 6.21. The number of carbonyl (C=O) groups excluding carboxylic acids is 2. The van der Waals surface area contributed by atoms with Gasteiger partial charge in [-0.15, -0.1) is 0 Å². The number of benzene rings is 1. The van der Waals surface area contributed by atoms with Crippen molar-refractivity contribution >= 4 is 17.8 Å². The smallest absolute Gasteiger partial charge is 0.308 e. The number of likely N-dealkylation sites (tertiary alicyclic amines) is 2. The third-order valence-corrected chi connectivity index (χ3v) is 8.36. The normalized spacial score (nSPS) is 22.2. The van der Waals surface area contributed by atoms with Gasteiger partial charge in [-0.1, -0.05) is 13.3 Å². The van der Waals surface area contributed by atoms with E-state index in [1.807, 2.05) is 26.8 Å². The molecule has 0 bridgehead atoms. The third kappa shape index (κ3) is 6.80. The van der Waals surface area contributed by atoms with E-state index in [2.05, 4.69) is 6.92 Å². The molecule has 3 atom stereocenters. The minimum atomic E-state index is -0.917. The molecular weight excluding hydrogens is 516 g/mol. The summed E-state index contributed by atoms with van der Waals surface area (Å²) in [5.74, 6) is -0.440. The fraction of sp³-hybridized carbons (Fsp3) is 0.690. The van der Waals surface area contributed by atoms with Gasteiger partial charge in [-0.3, -0.25) is 19.3 Å². The number of ether oxygens (including phenoxy) is 3. The summed E-state index contributed by atoms with van der Waals surface area (Å²) in [6.45, 7) is 5.77. The highest BCUT2D eigenvalue weighted by atomic mass is 16.7. The number of aliphatic carboxylic acids is 1. The van der Waals surface area contributed by atoms with Crippen LogP contribution in [0.5, 0.6) is 17.2 Å². The first-order chi connectivity index (χ1) is 19.4. The van der Waals surface area contributed by atoms with Crippen LogP contribution in [-0.4, -0.2) is 103 Å². The maximum Gasteiger partial charge on any atom is 0.308 e. The molecule has 3 aliphatic rings. The second kappa shape index (κ2) is 14.0. The van der Waals surface area contributed by atoms with E-state index >= 15 is 0 Å². The van der Waals surface area contributed by atoms with Crippen molar-refractivity contribution in [2.24, 2.45) is 11.7 Å². The van der Waals surface area contributed by atoms with Crippen molar-refractivity contribution in [1.82, 2.24) is 14.7 Å². The number of carboxylic acid groups (broad SMARTS) is 1. The van der Waals surface area contributed by atoms with Crippen molar-refractivity contribution in [3.63, 3.8) is 0 Å². The van der Waals surface area contributed by atoms with Crippen LogP contribution in [0.1, 0.15) is 63.4 Å². The topological polar surface area (TPSA) is 135 Å². The van der Waals surface area contributed by atoms with Crippen LogP contribution < -0.4 is 19.9 Å². The fourth-order valence-corrected chi connectivity index (χ4v) is 6.21. The predicted octanol–water partition coefficient (Wildman–Crippen LogP) is 2.27. The second-order valence-electron chi connectivity index (χ2n) is 10.9. The molecule has 0 aromatic heterocycles. The summed E-state index contributed by atoms with van der Waals surface area (Å²) in [4.78, 5) is 44.5. The molecule has 11 heteroatoms. The Balaban J connectivity index is 1.60. The SMILES string of the molecule is CCCCN(CCCCN)C(=O)CN1C[C@H](c2cc(OC)c3c(c2)OCO3)[C@@H](C(=O)O)[C@@H]1CCN1CCCC1=O. The Morgan fingerprint density at radius 1 is 1.20 bits per heavy atom. The summed E-state index contributed by atoms with van der Waals surface area (Å²) >= 11 is 0. The number of rotatable bonds is 15. The van der Waals surface area contributed by atoms with Crippen molar-refractivity contribution in [1.29, 1.82) is 0 Å². The zero-order chi connectivity index (χ0) is 28.6. The molecule has 222 valence electrons. The van der Waals surface area contributed by atoms with E-state index in [9.17, 15) is 19.5 Å². The van der Waals surface area contributed by atoms with E-state index in [4.69, 9.17) is 19.9 Å². The molecule has 1 aromatic rings. The molecule has 0 spiro atoms. The average Bonchev–Trinajstić information content (AvgIpc) is 3.67. The quantitative estimate of drug-likeness (QED) is 0.310. The highest BCUT2D eigenvalue weighted by Gasteiger charge is 2.48. The van der Waals surface area contributed by atoms with Crippen LogP contribution in [0.15, 0.2) is 12.1 Å². The van der Waals surface area contributed by atoms with Gasteiger partial charge < -0.3 is 34.9 Å². The minimum Gasteiger partial charge on any atom is -0.493 e. The summed E-state index contributed by atoms with van der Waals surface area (Å²) in [7, 11) is 1.54. The van der Waals surface area contributed by atoms with Gasteiger partial charge in [0.15, 0.2) is 11.5 Å². The highest BCUT2D eigenvalue weighted by molar-refractivity contribution is 5.79. The first kappa shape index (κ1) is 29.9. The molecule has 2 saturated heterocycles. The molecule has 0 saturated carbocycles. The lowest BCUT2D eigenvalue weighted by Crippen LogP contribution is -2.45. The number of methoxy groups -OCH3 is 1. The van der Waals surface area contributed by atoms with E-state index in [1.165, 1.54) is 0 Å². The van der Waals surface area contributed by atoms with Crippen LogP contribution in [0.3, 0.4) is 0 Å². The number of carbonyl (C=O) groups is 3. The van der Waals surface area contributed by atoms with Crippen LogP contribution in [0.2, 0.25) is 0 Å². The molecule has 2 fully saturated rings. The molecule has 40 heavy (non-hydrogen) atoms. The molecular formula is C29H44N4O7. The van der Waals surface area contributed by atoms with Gasteiger partial charge in [0.25, 0.3) is 0 Å². The molecule has 2 amide bonds. The lowest BCUT2D eigenvalue weighted by Gasteiger charge is -2.30. The van der Waals surface area contributed by atoms with E-state index < -0.39 is 23.8 Å². The molecule has 0 radical (unpaired) electrons. The summed E-state index contributed by atoms with van der Waals surface area (Å²) in [6.07, 6.45) is 5.41. The molecule has 3 N–H and O–H groups in total. The van der Waals surface area contributed by atoms with Gasteiger partial charge >= 0.3 is 5.97 Å². The number of fused-ring (bicyclic) bond motifs is 1. The molecule has 4 rings (SSSR count). The molecule has 3 heterocycles. The van der Waals surface area contributed by atoms with Crippen molar-refractivity contribution in [2.75, 3.05) is 59.7 Å². The summed E-state index contributed by atoms with van der Waals surface area (Å²) < 4.78 is 16.7. The van der Waals surface area contributed by atoms with Gasteiger partial charge in [0.1, 0.15) is 0 Å². The summed E-state index contributed by atoms with van der Waals surface area (Å²) in [5.41, 5.74) is 6.46. The Hall–Kier alpha value is -3.05. The van der Waals surface area contributed by atoms with Crippen molar-refractivity contribution < 1.29 is 33.7 Å². The number of amides is 2. The zero-order valence-electron chi connectivity index (χ0n) is 23.8. The van der Waals surface area contributed by atoms with Crippen molar-refractivity contribution in [3.05, 3.63) is 17.7 Å². The van der Waals surface area contributed by atoms with Crippen LogP contribution in [0, 0.1) is 5.92 Å². The van der Waals surface area contributed by atoms with E-state index in [1.54, 1.807) is 7.11 Å². The molecule has 3 aliphatic heterocycles. The Labute approximate surface area is 236 Å². The predicted molar refractivity (Wildman–Crippen MR) is 149 cm³/mol. The number of hydrogen-bond acceptors (Lipinski definition) is 8. The Morgan fingerprint density at radius 3 is 2.67 bits per heavy atom. The van der Waals surface area contributed by atoms with Gasteiger partial charge in [-0.2, -0.15) is 0 Å². The summed E-state index contributed by atoms with van der Waals surface area (Å²) in [6, 6.07) is 3.24. The maximum absolute atomic E-state index is 13.6. The lowest BCUT2D eigenvalue weighted by atomic mass is 9.84. The third-order valence-electron chi connectivity index (χ3n) is 8.36. The van der Waals surface area contributed by atoms with Gasteiger partial charge in [-0.25, -0.2) is 0 Å². The minimum absolute atomic E-state index is 0.000719. The van der Waals surface area contributed by atoms with Gasteiger partial charge in [0.2, 0.25) is 24.4 Å². The van der Waals surface area contributed by atoms with Crippen molar-refractivity contribution in [2.45, 2.75) is 63.8 Å². The first-order valence-electron chi connectivity index (χ1n) is 14.6. The van der Waals surface area contributed by atoms with Gasteiger partial charge in [0, 0.05) is 51.1 Å². The second-order valence-corrected chi connectivity index (χ2v) is 10.9. The molecule has 1 aromatic carbocycles. The average molecular weight is 561 g/mol. The van der Waals surface area contributed by atoms with Gasteiger partial charge in [-0.05, 0) is 56.3 Å². The van der Waals surface area contributed by atoms with E-state index in [0.29, 0.717) is 69.4 Å². The number of hydrogen-bond donors (Lipinski definition) is 2. The Morgan fingerprint density at radius 2 is 2.00 bits per heavy atom. The van der Waals surface area contributed by atoms with Gasteiger partial charge in [0.05, 0.1) is 19.6 Å². The van der Waals surface area contributed by atoms with Crippen molar-refractivity contribution in [3.8, 4) is 17.2 Å². The number of unbranched alkanes of at least 4 members (excludes halogenated alkanes) is 2. The number of nitrogens with two attached hydrogens (primary N) is 1. The molecule has 11 nitrogen and oxygen atoms in total. The monoisotopic (exact) mass is 560 g/mol. The number of carboxylic acids is 1. The maximum atomic E-state index is 13.6.